The Labute approximate surface area is 120 Å². The van der Waals surface area contributed by atoms with Crippen molar-refractivity contribution >= 4 is 0 Å². The Morgan fingerprint density at radius 1 is 1.30 bits per heavy atom. The summed E-state index contributed by atoms with van der Waals surface area (Å²) >= 11 is 0. The number of aryl methyl sites for hydroxylation is 1. The molecular formula is C16H23N3O. The molecule has 0 fully saturated rings. The minimum absolute atomic E-state index is 0.432. The van der Waals surface area contributed by atoms with Gasteiger partial charge < -0.3 is 9.67 Å². The lowest BCUT2D eigenvalue weighted by atomic mass is 10.1. The number of likely N-dealkylation sites (N-methyl/N-ethyl adjacent to an activating group) is 1. The maximum absolute atomic E-state index is 10.3. The molecule has 1 N–H and O–H groups in total. The van der Waals surface area contributed by atoms with Crippen molar-refractivity contribution in [3.05, 3.63) is 54.1 Å². The molecule has 2 aromatic rings. The van der Waals surface area contributed by atoms with Gasteiger partial charge in [-0.1, -0.05) is 36.8 Å². The number of aliphatic hydroxyl groups excluding tert-OH is 1. The maximum Gasteiger partial charge on any atom is 0.0946 e. The van der Waals surface area contributed by atoms with Crippen molar-refractivity contribution in [2.75, 3.05) is 19.6 Å². The molecule has 4 nitrogen and oxygen atoms in total. The van der Waals surface area contributed by atoms with E-state index >= 15 is 0 Å². The Morgan fingerprint density at radius 2 is 2.05 bits per heavy atom. The van der Waals surface area contributed by atoms with Crippen LogP contribution in [0.5, 0.6) is 0 Å². The zero-order valence-electron chi connectivity index (χ0n) is 12.2. The van der Waals surface area contributed by atoms with Crippen LogP contribution in [0.15, 0.2) is 43.0 Å². The third-order valence-corrected chi connectivity index (χ3v) is 3.57. The molecule has 1 atom stereocenters. The van der Waals surface area contributed by atoms with Crippen molar-refractivity contribution in [3.8, 4) is 0 Å². The van der Waals surface area contributed by atoms with Gasteiger partial charge in [-0.05, 0) is 19.0 Å². The lowest BCUT2D eigenvalue weighted by Gasteiger charge is -2.24. The summed E-state index contributed by atoms with van der Waals surface area (Å²) in [5.74, 6) is 0. The van der Waals surface area contributed by atoms with E-state index in [4.69, 9.17) is 0 Å². The van der Waals surface area contributed by atoms with Gasteiger partial charge in [0.25, 0.3) is 0 Å². The SMILES string of the molecule is CCN(CCn1ccnc1)CC(O)c1ccc(C)cc1. The van der Waals surface area contributed by atoms with Crippen LogP contribution in [-0.4, -0.2) is 39.2 Å². The van der Waals surface area contributed by atoms with Crippen LogP contribution in [0.1, 0.15) is 24.2 Å². The molecule has 1 aromatic heterocycles. The Bertz CT molecular complexity index is 493. The zero-order chi connectivity index (χ0) is 14.4. The van der Waals surface area contributed by atoms with E-state index in [1.165, 1.54) is 5.56 Å². The van der Waals surface area contributed by atoms with Crippen LogP contribution < -0.4 is 0 Å². The van der Waals surface area contributed by atoms with Gasteiger partial charge >= 0.3 is 0 Å². The molecule has 0 aliphatic carbocycles. The molecule has 0 radical (unpaired) electrons. The Kier molecular flexibility index (Phi) is 5.32. The molecule has 1 unspecified atom stereocenters. The molecule has 0 amide bonds. The molecule has 0 aliphatic rings. The van der Waals surface area contributed by atoms with E-state index in [-0.39, 0.29) is 0 Å². The number of aliphatic hydroxyl groups is 1. The van der Waals surface area contributed by atoms with E-state index in [9.17, 15) is 5.11 Å². The van der Waals surface area contributed by atoms with Crippen molar-refractivity contribution in [2.24, 2.45) is 0 Å². The molecule has 4 heteroatoms. The van der Waals surface area contributed by atoms with E-state index in [0.29, 0.717) is 6.54 Å². The van der Waals surface area contributed by atoms with Gasteiger partial charge in [0, 0.05) is 32.0 Å². The van der Waals surface area contributed by atoms with Crippen LogP contribution in [0.4, 0.5) is 0 Å². The fourth-order valence-electron chi connectivity index (χ4n) is 2.19. The summed E-state index contributed by atoms with van der Waals surface area (Å²) in [6.07, 6.45) is 5.14. The predicted octanol–water partition coefficient (Wildman–Crippen LogP) is 2.25. The first kappa shape index (κ1) is 14.8. The maximum atomic E-state index is 10.3. The van der Waals surface area contributed by atoms with Crippen molar-refractivity contribution in [3.63, 3.8) is 0 Å². The average Bonchev–Trinajstić information content (AvgIpc) is 2.97. The quantitative estimate of drug-likeness (QED) is 0.841. The van der Waals surface area contributed by atoms with Gasteiger partial charge in [0.15, 0.2) is 0 Å². The van der Waals surface area contributed by atoms with E-state index in [2.05, 4.69) is 28.3 Å². The summed E-state index contributed by atoms with van der Waals surface area (Å²) in [6.45, 7) is 7.57. The second-order valence-corrected chi connectivity index (χ2v) is 5.12. The Morgan fingerprint density at radius 3 is 2.65 bits per heavy atom. The van der Waals surface area contributed by atoms with Gasteiger partial charge in [-0.3, -0.25) is 4.90 Å². The molecule has 0 saturated carbocycles. The molecule has 0 saturated heterocycles. The molecule has 1 aromatic carbocycles. The van der Waals surface area contributed by atoms with Gasteiger partial charge in [0.2, 0.25) is 0 Å². The third-order valence-electron chi connectivity index (χ3n) is 3.57. The lowest BCUT2D eigenvalue weighted by molar-refractivity contribution is 0.114. The number of nitrogens with zero attached hydrogens (tertiary/aromatic N) is 3. The van der Waals surface area contributed by atoms with Crippen LogP contribution in [0, 0.1) is 6.92 Å². The topological polar surface area (TPSA) is 41.3 Å². The van der Waals surface area contributed by atoms with E-state index in [0.717, 1.165) is 25.2 Å². The van der Waals surface area contributed by atoms with Crippen molar-refractivity contribution in [1.82, 2.24) is 14.5 Å². The van der Waals surface area contributed by atoms with Crippen LogP contribution in [0.25, 0.3) is 0 Å². The first-order valence-electron chi connectivity index (χ1n) is 7.11. The van der Waals surface area contributed by atoms with E-state index in [1.54, 1.807) is 6.20 Å². The average molecular weight is 273 g/mol. The highest BCUT2D eigenvalue weighted by atomic mass is 16.3. The minimum Gasteiger partial charge on any atom is -0.387 e. The standard InChI is InChI=1S/C16H23N3O/c1-3-18(10-11-19-9-8-17-13-19)12-16(20)15-6-4-14(2)5-7-15/h4-9,13,16,20H,3,10-12H2,1-2H3. The second-order valence-electron chi connectivity index (χ2n) is 5.12. The predicted molar refractivity (Wildman–Crippen MR) is 80.5 cm³/mol. The third kappa shape index (κ3) is 4.18. The molecule has 0 bridgehead atoms. The van der Waals surface area contributed by atoms with E-state index < -0.39 is 6.10 Å². The zero-order valence-corrected chi connectivity index (χ0v) is 12.2. The Balaban J connectivity index is 1.87. The van der Waals surface area contributed by atoms with E-state index in [1.807, 2.05) is 36.8 Å². The van der Waals surface area contributed by atoms with Gasteiger partial charge in [-0.15, -0.1) is 0 Å². The monoisotopic (exact) mass is 273 g/mol. The fourth-order valence-corrected chi connectivity index (χ4v) is 2.19. The summed E-state index contributed by atoms with van der Waals surface area (Å²) in [4.78, 5) is 6.29. The van der Waals surface area contributed by atoms with Crippen molar-refractivity contribution < 1.29 is 5.11 Å². The van der Waals surface area contributed by atoms with Crippen LogP contribution in [-0.2, 0) is 6.54 Å². The number of benzene rings is 1. The number of hydrogen-bond acceptors (Lipinski definition) is 3. The summed E-state index contributed by atoms with van der Waals surface area (Å²) in [6, 6.07) is 8.09. The fraction of sp³-hybridized carbons (Fsp3) is 0.438. The summed E-state index contributed by atoms with van der Waals surface area (Å²) < 4.78 is 2.06. The highest BCUT2D eigenvalue weighted by molar-refractivity contribution is 5.23. The lowest BCUT2D eigenvalue weighted by Crippen LogP contribution is -2.31. The van der Waals surface area contributed by atoms with Crippen molar-refractivity contribution in [1.29, 1.82) is 0 Å². The second kappa shape index (κ2) is 7.22. The number of hydrogen-bond donors (Lipinski definition) is 1. The van der Waals surface area contributed by atoms with Gasteiger partial charge in [-0.25, -0.2) is 4.98 Å². The number of imidazole rings is 1. The molecular weight excluding hydrogens is 250 g/mol. The summed E-state index contributed by atoms with van der Waals surface area (Å²) in [7, 11) is 0. The molecule has 20 heavy (non-hydrogen) atoms. The first-order chi connectivity index (χ1) is 9.69. The molecule has 2 rings (SSSR count). The van der Waals surface area contributed by atoms with Gasteiger partial charge in [-0.2, -0.15) is 0 Å². The van der Waals surface area contributed by atoms with Crippen LogP contribution in [0.2, 0.25) is 0 Å². The minimum atomic E-state index is -0.432. The smallest absolute Gasteiger partial charge is 0.0946 e. The first-order valence-corrected chi connectivity index (χ1v) is 7.11. The van der Waals surface area contributed by atoms with Gasteiger partial charge in [0.05, 0.1) is 12.4 Å². The molecule has 108 valence electrons. The number of aromatic nitrogens is 2. The largest absolute Gasteiger partial charge is 0.387 e. The summed E-state index contributed by atoms with van der Waals surface area (Å²) in [5.41, 5.74) is 2.20. The van der Waals surface area contributed by atoms with Crippen LogP contribution in [0.3, 0.4) is 0 Å². The highest BCUT2D eigenvalue weighted by Crippen LogP contribution is 2.15. The molecule has 1 heterocycles. The normalized spacial score (nSPS) is 12.8. The van der Waals surface area contributed by atoms with Crippen LogP contribution >= 0.6 is 0 Å². The summed E-state index contributed by atoms with van der Waals surface area (Å²) in [5, 5.41) is 10.3. The highest BCUT2D eigenvalue weighted by Gasteiger charge is 2.12. The molecule has 0 spiro atoms. The van der Waals surface area contributed by atoms with Crippen molar-refractivity contribution in [2.45, 2.75) is 26.5 Å². The molecule has 0 aliphatic heterocycles. The Hall–Kier alpha value is -1.65. The van der Waals surface area contributed by atoms with Gasteiger partial charge in [0.1, 0.15) is 0 Å². The number of rotatable bonds is 7.